The van der Waals surface area contributed by atoms with Gasteiger partial charge in [-0.3, -0.25) is 4.79 Å². The fraction of sp³-hybridized carbons (Fsp3) is 0.192. The molecule has 9 heteroatoms. The number of hydrogen-bond donors (Lipinski definition) is 0. The Bertz CT molecular complexity index is 1330. The van der Waals surface area contributed by atoms with Gasteiger partial charge in [0.05, 0.1) is 44.4 Å². The van der Waals surface area contributed by atoms with Crippen molar-refractivity contribution in [3.8, 4) is 23.0 Å². The number of fused-ring (bicyclic) bond motifs is 1. The number of methoxy groups -OCH3 is 3. The Hall–Kier alpha value is -4.11. The smallest absolute Gasteiger partial charge is 0.281 e. The van der Waals surface area contributed by atoms with Crippen LogP contribution < -0.4 is 24.0 Å². The summed E-state index contributed by atoms with van der Waals surface area (Å²) >= 11 is 1.34. The van der Waals surface area contributed by atoms with Crippen LogP contribution in [0.15, 0.2) is 65.8 Å². The number of thiazole rings is 1. The molecule has 0 bridgehead atoms. The largest absolute Gasteiger partial charge is 0.497 e. The molecule has 1 aromatic heterocycles. The van der Waals surface area contributed by atoms with Gasteiger partial charge in [-0.05, 0) is 67.1 Å². The second-order valence-corrected chi connectivity index (χ2v) is 8.30. The highest BCUT2D eigenvalue weighted by molar-refractivity contribution is 7.22. The molecule has 0 unspecified atom stereocenters. The van der Waals surface area contributed by atoms with Crippen LogP contribution in [0.2, 0.25) is 0 Å². The van der Waals surface area contributed by atoms with Crippen molar-refractivity contribution < 1.29 is 23.7 Å². The van der Waals surface area contributed by atoms with E-state index in [9.17, 15) is 4.79 Å². The van der Waals surface area contributed by atoms with Crippen LogP contribution in [-0.2, 0) is 0 Å². The molecule has 35 heavy (non-hydrogen) atoms. The minimum absolute atomic E-state index is 0.349. The molecule has 0 fully saturated rings. The first-order chi connectivity index (χ1) is 17.0. The van der Waals surface area contributed by atoms with Gasteiger partial charge in [-0.15, -0.1) is 0 Å². The first-order valence-corrected chi connectivity index (χ1v) is 11.6. The lowest BCUT2D eigenvalue weighted by molar-refractivity contribution is 0.0987. The zero-order chi connectivity index (χ0) is 24.8. The van der Waals surface area contributed by atoms with E-state index in [1.807, 2.05) is 49.4 Å². The molecule has 1 heterocycles. The SMILES string of the molecule is CCOc1ccc(/C=N/N(C(=O)c2cc(OC)cc(OC)c2)c2nc3ccc(OC)cc3s2)cc1. The molecular weight excluding hydrogens is 466 g/mol. The van der Waals surface area contributed by atoms with E-state index in [0.717, 1.165) is 21.5 Å². The van der Waals surface area contributed by atoms with Crippen LogP contribution >= 0.6 is 11.3 Å². The summed E-state index contributed by atoms with van der Waals surface area (Å²) in [6.45, 7) is 2.52. The molecule has 0 saturated carbocycles. The predicted octanol–water partition coefficient (Wildman–Crippen LogP) is 5.40. The number of carbonyl (C=O) groups is 1. The summed E-state index contributed by atoms with van der Waals surface area (Å²) in [5.74, 6) is 2.09. The van der Waals surface area contributed by atoms with Gasteiger partial charge >= 0.3 is 0 Å². The van der Waals surface area contributed by atoms with E-state index >= 15 is 0 Å². The zero-order valence-corrected chi connectivity index (χ0v) is 20.7. The summed E-state index contributed by atoms with van der Waals surface area (Å²) in [4.78, 5) is 18.3. The van der Waals surface area contributed by atoms with Crippen molar-refractivity contribution in [2.45, 2.75) is 6.92 Å². The Morgan fingerprint density at radius 1 is 0.914 bits per heavy atom. The van der Waals surface area contributed by atoms with Crippen molar-refractivity contribution in [3.05, 3.63) is 71.8 Å². The lowest BCUT2D eigenvalue weighted by Gasteiger charge is -2.15. The van der Waals surface area contributed by atoms with Crippen molar-refractivity contribution in [3.63, 3.8) is 0 Å². The Balaban J connectivity index is 1.75. The van der Waals surface area contributed by atoms with Gasteiger partial charge in [-0.2, -0.15) is 10.1 Å². The van der Waals surface area contributed by atoms with E-state index < -0.39 is 0 Å². The molecular formula is C26H25N3O5S. The van der Waals surface area contributed by atoms with Gasteiger partial charge in [0.15, 0.2) is 0 Å². The summed E-state index contributed by atoms with van der Waals surface area (Å²) in [5.41, 5.74) is 1.89. The molecule has 0 N–H and O–H groups in total. The predicted molar refractivity (Wildman–Crippen MR) is 138 cm³/mol. The lowest BCUT2D eigenvalue weighted by Crippen LogP contribution is -2.25. The number of amides is 1. The van der Waals surface area contributed by atoms with Crippen molar-refractivity contribution in [1.82, 2.24) is 4.98 Å². The van der Waals surface area contributed by atoms with Crippen LogP contribution in [0.3, 0.4) is 0 Å². The Morgan fingerprint density at radius 3 is 2.20 bits per heavy atom. The summed E-state index contributed by atoms with van der Waals surface area (Å²) in [7, 11) is 4.67. The summed E-state index contributed by atoms with van der Waals surface area (Å²) in [6.07, 6.45) is 1.61. The topological polar surface area (TPSA) is 82.5 Å². The van der Waals surface area contributed by atoms with E-state index in [0.29, 0.717) is 34.6 Å². The quantitative estimate of drug-likeness (QED) is 0.230. The van der Waals surface area contributed by atoms with Gasteiger partial charge in [0.1, 0.15) is 23.0 Å². The fourth-order valence-electron chi connectivity index (χ4n) is 3.29. The van der Waals surface area contributed by atoms with E-state index in [1.54, 1.807) is 31.5 Å². The van der Waals surface area contributed by atoms with Crippen molar-refractivity contribution in [2.75, 3.05) is 32.9 Å². The van der Waals surface area contributed by atoms with Gasteiger partial charge < -0.3 is 18.9 Å². The van der Waals surface area contributed by atoms with Gasteiger partial charge in [-0.1, -0.05) is 11.3 Å². The van der Waals surface area contributed by atoms with Gasteiger partial charge in [0.25, 0.3) is 5.91 Å². The molecule has 8 nitrogen and oxygen atoms in total. The molecule has 0 aliphatic heterocycles. The van der Waals surface area contributed by atoms with Crippen LogP contribution in [0.4, 0.5) is 5.13 Å². The van der Waals surface area contributed by atoms with Crippen molar-refractivity contribution >= 4 is 38.8 Å². The minimum Gasteiger partial charge on any atom is -0.497 e. The maximum Gasteiger partial charge on any atom is 0.281 e. The summed E-state index contributed by atoms with van der Waals surface area (Å²) in [6, 6.07) is 18.0. The highest BCUT2D eigenvalue weighted by Crippen LogP contribution is 2.33. The van der Waals surface area contributed by atoms with Crippen molar-refractivity contribution in [1.29, 1.82) is 0 Å². The molecule has 0 radical (unpaired) electrons. The second-order valence-electron chi connectivity index (χ2n) is 7.30. The third-order valence-electron chi connectivity index (χ3n) is 5.07. The lowest BCUT2D eigenvalue weighted by atomic mass is 10.2. The molecule has 3 aromatic carbocycles. The monoisotopic (exact) mass is 491 g/mol. The number of hydrazone groups is 1. The van der Waals surface area contributed by atoms with Gasteiger partial charge in [0, 0.05) is 11.6 Å². The average Bonchev–Trinajstić information content (AvgIpc) is 3.32. The minimum atomic E-state index is -0.379. The second kappa shape index (κ2) is 10.9. The third kappa shape index (κ3) is 5.52. The van der Waals surface area contributed by atoms with E-state index in [-0.39, 0.29) is 5.91 Å². The van der Waals surface area contributed by atoms with Crippen LogP contribution in [0, 0.1) is 0 Å². The molecule has 180 valence electrons. The molecule has 4 rings (SSSR count). The number of aromatic nitrogens is 1. The number of rotatable bonds is 9. The molecule has 1 amide bonds. The highest BCUT2D eigenvalue weighted by Gasteiger charge is 2.22. The van der Waals surface area contributed by atoms with Gasteiger partial charge in [-0.25, -0.2) is 4.98 Å². The fourth-order valence-corrected chi connectivity index (χ4v) is 4.24. The summed E-state index contributed by atoms with van der Waals surface area (Å²) in [5, 5.41) is 6.22. The van der Waals surface area contributed by atoms with Crippen LogP contribution in [0.25, 0.3) is 10.2 Å². The molecule has 4 aromatic rings. The number of carbonyl (C=O) groups excluding carboxylic acids is 1. The number of anilines is 1. The molecule has 0 aliphatic carbocycles. The highest BCUT2D eigenvalue weighted by atomic mass is 32.1. The van der Waals surface area contributed by atoms with Crippen LogP contribution in [0.5, 0.6) is 23.0 Å². The van der Waals surface area contributed by atoms with Crippen LogP contribution in [-0.4, -0.2) is 45.0 Å². The van der Waals surface area contributed by atoms with Gasteiger partial charge in [0.2, 0.25) is 5.13 Å². The number of hydrogen-bond acceptors (Lipinski definition) is 8. The third-order valence-corrected chi connectivity index (χ3v) is 6.06. The first-order valence-electron chi connectivity index (χ1n) is 10.8. The molecule has 0 aliphatic rings. The maximum absolute atomic E-state index is 13.7. The molecule has 0 saturated heterocycles. The Morgan fingerprint density at radius 2 is 1.57 bits per heavy atom. The maximum atomic E-state index is 13.7. The number of nitrogens with zero attached hydrogens (tertiary/aromatic N) is 3. The number of benzene rings is 3. The zero-order valence-electron chi connectivity index (χ0n) is 19.8. The van der Waals surface area contributed by atoms with E-state index in [2.05, 4.69) is 10.1 Å². The summed E-state index contributed by atoms with van der Waals surface area (Å²) < 4.78 is 22.4. The standard InChI is InChI=1S/C26H25N3O5S/c1-5-34-19-8-6-17(7-9-19)16-27-29(25(30)18-12-21(32-3)14-22(13-18)33-4)26-28-23-11-10-20(31-2)15-24(23)35-26/h6-16H,5H2,1-4H3/b27-16+. The van der Waals surface area contributed by atoms with Crippen LogP contribution in [0.1, 0.15) is 22.8 Å². The van der Waals surface area contributed by atoms with E-state index in [1.165, 1.54) is 30.6 Å². The number of ether oxygens (including phenoxy) is 4. The van der Waals surface area contributed by atoms with Crippen molar-refractivity contribution in [2.24, 2.45) is 5.10 Å². The molecule has 0 atom stereocenters. The molecule has 0 spiro atoms. The normalized spacial score (nSPS) is 11.0. The average molecular weight is 492 g/mol. The van der Waals surface area contributed by atoms with E-state index in [4.69, 9.17) is 18.9 Å². The Labute approximate surface area is 207 Å². The first kappa shape index (κ1) is 24.0. The Kier molecular flexibility index (Phi) is 7.47.